The van der Waals surface area contributed by atoms with Gasteiger partial charge in [-0.3, -0.25) is 14.5 Å². The third-order valence-electron chi connectivity index (χ3n) is 4.93. The van der Waals surface area contributed by atoms with Gasteiger partial charge < -0.3 is 19.7 Å². The fourth-order valence-electron chi connectivity index (χ4n) is 3.30. The van der Waals surface area contributed by atoms with Crippen molar-refractivity contribution in [2.75, 3.05) is 42.6 Å². The van der Waals surface area contributed by atoms with Crippen molar-refractivity contribution in [2.24, 2.45) is 0 Å². The van der Waals surface area contributed by atoms with E-state index in [2.05, 4.69) is 10.3 Å². The van der Waals surface area contributed by atoms with Gasteiger partial charge in [0.1, 0.15) is 12.7 Å². The quantitative estimate of drug-likeness (QED) is 0.750. The zero-order chi connectivity index (χ0) is 21.1. The maximum atomic E-state index is 12.3. The van der Waals surface area contributed by atoms with Crippen molar-refractivity contribution >= 4 is 40.6 Å². The molecule has 1 aromatic heterocycles. The molecule has 9 nitrogen and oxygen atoms in total. The predicted molar refractivity (Wildman–Crippen MR) is 111 cm³/mol. The van der Waals surface area contributed by atoms with Gasteiger partial charge in [0.25, 0.3) is 11.8 Å². The summed E-state index contributed by atoms with van der Waals surface area (Å²) in [5.41, 5.74) is 2.31. The molecule has 0 bridgehead atoms. The van der Waals surface area contributed by atoms with Gasteiger partial charge in [-0.1, -0.05) is 6.92 Å². The first-order valence-electron chi connectivity index (χ1n) is 9.74. The minimum atomic E-state index is -0.466. The van der Waals surface area contributed by atoms with Crippen molar-refractivity contribution < 1.29 is 23.9 Å². The van der Waals surface area contributed by atoms with Crippen LogP contribution in [0.2, 0.25) is 0 Å². The third kappa shape index (κ3) is 4.29. The average molecular weight is 430 g/mol. The van der Waals surface area contributed by atoms with Crippen LogP contribution >= 0.6 is 11.3 Å². The van der Waals surface area contributed by atoms with E-state index in [1.165, 1.54) is 16.2 Å². The molecule has 2 aliphatic heterocycles. The zero-order valence-corrected chi connectivity index (χ0v) is 17.3. The molecule has 1 aromatic carbocycles. The number of amides is 3. The van der Waals surface area contributed by atoms with Crippen LogP contribution in [-0.2, 0) is 20.7 Å². The second-order valence-corrected chi connectivity index (χ2v) is 7.80. The third-order valence-corrected chi connectivity index (χ3v) is 5.82. The van der Waals surface area contributed by atoms with Crippen molar-refractivity contribution in [1.82, 2.24) is 10.3 Å². The Labute approximate surface area is 177 Å². The molecule has 2 fully saturated rings. The molecular formula is C20H22N4O5S. The van der Waals surface area contributed by atoms with Crippen LogP contribution in [0.1, 0.15) is 22.4 Å². The zero-order valence-electron chi connectivity index (χ0n) is 16.5. The number of hydrogen-bond donors (Lipinski definition) is 1. The highest BCUT2D eigenvalue weighted by Crippen LogP contribution is 2.25. The molecule has 3 amide bonds. The average Bonchev–Trinajstić information content (AvgIpc) is 3.39. The van der Waals surface area contributed by atoms with Gasteiger partial charge in [-0.05, 0) is 30.7 Å². The number of anilines is 2. The van der Waals surface area contributed by atoms with E-state index in [4.69, 9.17) is 9.47 Å². The first kappa shape index (κ1) is 20.3. The molecule has 3 heterocycles. The first-order valence-corrected chi connectivity index (χ1v) is 10.6. The highest BCUT2D eigenvalue weighted by Gasteiger charge is 2.33. The van der Waals surface area contributed by atoms with Gasteiger partial charge in [0.2, 0.25) is 0 Å². The Hall–Kier alpha value is -2.98. The molecule has 0 aliphatic carbocycles. The number of nitrogens with zero attached hydrogens (tertiary/aromatic N) is 3. The Balaban J connectivity index is 1.34. The molecule has 2 saturated heterocycles. The summed E-state index contributed by atoms with van der Waals surface area (Å²) >= 11 is 1.30. The molecule has 10 heteroatoms. The molecule has 0 saturated carbocycles. The van der Waals surface area contributed by atoms with Crippen molar-refractivity contribution in [3.63, 3.8) is 0 Å². The lowest BCUT2D eigenvalue weighted by molar-refractivity contribution is -0.125. The van der Waals surface area contributed by atoms with Crippen molar-refractivity contribution in [1.29, 1.82) is 0 Å². The highest BCUT2D eigenvalue weighted by molar-refractivity contribution is 7.11. The number of rotatable bonds is 6. The fraction of sp³-hybridized carbons (Fsp3) is 0.400. The van der Waals surface area contributed by atoms with Crippen molar-refractivity contribution in [3.8, 4) is 0 Å². The Morgan fingerprint density at radius 2 is 1.97 bits per heavy atom. The highest BCUT2D eigenvalue weighted by atomic mass is 32.1. The first-order chi connectivity index (χ1) is 14.5. The molecule has 158 valence electrons. The van der Waals surface area contributed by atoms with E-state index in [0.717, 1.165) is 17.8 Å². The molecular weight excluding hydrogens is 408 g/mol. The lowest BCUT2D eigenvalue weighted by Gasteiger charge is -2.27. The Kier molecular flexibility index (Phi) is 5.96. The summed E-state index contributed by atoms with van der Waals surface area (Å²) in [4.78, 5) is 43.9. The molecule has 1 atom stereocenters. The number of aromatic nitrogens is 1. The van der Waals surface area contributed by atoms with Gasteiger partial charge in [0, 0.05) is 23.3 Å². The van der Waals surface area contributed by atoms with Crippen LogP contribution in [-0.4, -0.2) is 61.8 Å². The van der Waals surface area contributed by atoms with Gasteiger partial charge in [-0.15, -0.1) is 11.3 Å². The number of carbonyl (C=O) groups is 3. The molecule has 0 radical (unpaired) electrons. The van der Waals surface area contributed by atoms with E-state index < -0.39 is 12.2 Å². The van der Waals surface area contributed by atoms with Crippen LogP contribution in [0.25, 0.3) is 0 Å². The number of aryl methyl sites for hydroxylation is 1. The summed E-state index contributed by atoms with van der Waals surface area (Å²) in [6.45, 7) is 3.60. The van der Waals surface area contributed by atoms with Crippen LogP contribution < -0.4 is 15.1 Å². The minimum Gasteiger partial charge on any atom is -0.442 e. The maximum absolute atomic E-state index is 12.3. The summed E-state index contributed by atoms with van der Waals surface area (Å²) < 4.78 is 10.5. The van der Waals surface area contributed by atoms with Crippen LogP contribution in [0, 0.1) is 0 Å². The lowest BCUT2D eigenvalue weighted by Crippen LogP contribution is -2.41. The van der Waals surface area contributed by atoms with Gasteiger partial charge in [-0.25, -0.2) is 9.78 Å². The summed E-state index contributed by atoms with van der Waals surface area (Å²) in [7, 11) is 0. The van der Waals surface area contributed by atoms with Gasteiger partial charge in [-0.2, -0.15) is 0 Å². The molecule has 30 heavy (non-hydrogen) atoms. The van der Waals surface area contributed by atoms with E-state index >= 15 is 0 Å². The Bertz CT molecular complexity index is 945. The van der Waals surface area contributed by atoms with E-state index in [9.17, 15) is 14.4 Å². The smallest absolute Gasteiger partial charge is 0.414 e. The summed E-state index contributed by atoms with van der Waals surface area (Å²) in [6, 6.07) is 7.16. The number of benzene rings is 1. The summed E-state index contributed by atoms with van der Waals surface area (Å²) in [6.07, 6.45) is -0.142. The molecule has 4 rings (SSSR count). The summed E-state index contributed by atoms with van der Waals surface area (Å²) in [5, 5.41) is 5.04. The van der Waals surface area contributed by atoms with Crippen molar-refractivity contribution in [3.05, 3.63) is 40.3 Å². The van der Waals surface area contributed by atoms with E-state index in [1.54, 1.807) is 29.2 Å². The normalized spacial score (nSPS) is 19.2. The van der Waals surface area contributed by atoms with Crippen LogP contribution in [0.4, 0.5) is 16.2 Å². The Morgan fingerprint density at radius 1 is 1.23 bits per heavy atom. The van der Waals surface area contributed by atoms with Gasteiger partial charge >= 0.3 is 6.09 Å². The minimum absolute atomic E-state index is 0.0777. The monoisotopic (exact) mass is 430 g/mol. The number of nitrogens with one attached hydrogen (secondary N) is 1. The fourth-order valence-corrected chi connectivity index (χ4v) is 4.11. The number of ether oxygens (including phenoxy) is 2. The second kappa shape index (κ2) is 8.80. The molecule has 0 unspecified atom stereocenters. The molecule has 0 spiro atoms. The molecule has 1 N–H and O–H groups in total. The number of hydrogen-bond acceptors (Lipinski definition) is 7. The standard InChI is InChI=1S/C20H22N4O5S/c1-2-13-12-30-19(22-13)18(26)21-9-16-10-24(20(27)29-16)15-5-3-14(4-6-15)23-7-8-28-11-17(23)25/h3-6,12,16H,2,7-11H2,1H3,(H,21,26)/t16-/m0/s1. The maximum Gasteiger partial charge on any atom is 0.414 e. The van der Waals surface area contributed by atoms with E-state index in [-0.39, 0.29) is 25.0 Å². The van der Waals surface area contributed by atoms with E-state index in [0.29, 0.717) is 30.4 Å². The largest absolute Gasteiger partial charge is 0.442 e. The number of cyclic esters (lactones) is 1. The van der Waals surface area contributed by atoms with E-state index in [1.807, 2.05) is 12.3 Å². The van der Waals surface area contributed by atoms with Gasteiger partial charge in [0.05, 0.1) is 25.4 Å². The van der Waals surface area contributed by atoms with Crippen LogP contribution in [0.3, 0.4) is 0 Å². The number of carbonyl (C=O) groups excluding carboxylic acids is 3. The number of thiazole rings is 1. The van der Waals surface area contributed by atoms with Crippen molar-refractivity contribution in [2.45, 2.75) is 19.4 Å². The Morgan fingerprint density at radius 3 is 2.63 bits per heavy atom. The summed E-state index contributed by atoms with van der Waals surface area (Å²) in [5.74, 6) is -0.356. The second-order valence-electron chi connectivity index (χ2n) is 6.94. The molecule has 2 aromatic rings. The lowest BCUT2D eigenvalue weighted by atomic mass is 10.2. The van der Waals surface area contributed by atoms with Crippen LogP contribution in [0.5, 0.6) is 0 Å². The van der Waals surface area contributed by atoms with Gasteiger partial charge in [0.15, 0.2) is 5.01 Å². The molecule has 2 aliphatic rings. The van der Waals surface area contributed by atoms with Crippen LogP contribution in [0.15, 0.2) is 29.6 Å². The predicted octanol–water partition coefficient (Wildman–Crippen LogP) is 1.82. The topological polar surface area (TPSA) is 101 Å². The number of morpholine rings is 1. The SMILES string of the molecule is CCc1csc(C(=O)NC[C@H]2CN(c3ccc(N4CCOCC4=O)cc3)C(=O)O2)n1.